The predicted molar refractivity (Wildman–Crippen MR) is 74.4 cm³/mol. The normalized spacial score (nSPS) is 23.6. The molecule has 0 radical (unpaired) electrons. The third-order valence-electron chi connectivity index (χ3n) is 4.11. The molecule has 0 aliphatic heterocycles. The van der Waals surface area contributed by atoms with Gasteiger partial charge in [0.2, 0.25) is 0 Å². The van der Waals surface area contributed by atoms with Crippen LogP contribution in [-0.4, -0.2) is 18.2 Å². The van der Waals surface area contributed by atoms with E-state index in [2.05, 4.69) is 6.07 Å². The lowest BCUT2D eigenvalue weighted by molar-refractivity contribution is -0.143. The van der Waals surface area contributed by atoms with Gasteiger partial charge in [-0.15, -0.1) is 0 Å². The zero-order chi connectivity index (χ0) is 13.7. The molecule has 19 heavy (non-hydrogen) atoms. The number of hydrogen-bond donors (Lipinski definition) is 1. The van der Waals surface area contributed by atoms with Crippen molar-refractivity contribution in [2.45, 2.75) is 38.5 Å². The summed E-state index contributed by atoms with van der Waals surface area (Å²) in [6.45, 7) is 0. The summed E-state index contributed by atoms with van der Waals surface area (Å²) in [5, 5.41) is 9.39. The van der Waals surface area contributed by atoms with E-state index in [9.17, 15) is 9.90 Å². The molecule has 104 valence electrons. The molecule has 1 saturated carbocycles. The van der Waals surface area contributed by atoms with Gasteiger partial charge in [0.15, 0.2) is 0 Å². The Morgan fingerprint density at radius 2 is 2.11 bits per heavy atom. The van der Waals surface area contributed by atoms with E-state index in [4.69, 9.17) is 4.74 Å². The molecule has 3 nitrogen and oxygen atoms in total. The second-order valence-electron chi connectivity index (χ2n) is 5.40. The molecular formula is C16H22O3. The number of hydrogen-bond acceptors (Lipinski definition) is 2. The Kier molecular flexibility index (Phi) is 4.83. The third kappa shape index (κ3) is 3.72. The van der Waals surface area contributed by atoms with E-state index in [0.717, 1.165) is 37.9 Å². The average molecular weight is 262 g/mol. The number of rotatable bonds is 4. The van der Waals surface area contributed by atoms with E-state index in [0.29, 0.717) is 0 Å². The molecule has 2 unspecified atom stereocenters. The largest absolute Gasteiger partial charge is 0.497 e. The molecule has 1 aliphatic rings. The van der Waals surface area contributed by atoms with Crippen LogP contribution in [0.25, 0.3) is 0 Å². The first-order chi connectivity index (χ1) is 9.20. The molecule has 1 aromatic rings. The van der Waals surface area contributed by atoms with Crippen LogP contribution in [0.15, 0.2) is 24.3 Å². The highest BCUT2D eigenvalue weighted by atomic mass is 16.5. The van der Waals surface area contributed by atoms with Crippen LogP contribution in [0, 0.1) is 11.8 Å². The van der Waals surface area contributed by atoms with Gasteiger partial charge in [0.05, 0.1) is 13.0 Å². The highest BCUT2D eigenvalue weighted by Gasteiger charge is 2.29. The number of carboxylic acid groups (broad SMARTS) is 1. The number of methoxy groups -OCH3 is 1. The van der Waals surface area contributed by atoms with Crippen LogP contribution in [0.5, 0.6) is 5.75 Å². The van der Waals surface area contributed by atoms with Gasteiger partial charge in [-0.3, -0.25) is 4.79 Å². The fraction of sp³-hybridized carbons (Fsp3) is 0.562. The van der Waals surface area contributed by atoms with E-state index in [1.54, 1.807) is 7.11 Å². The molecule has 3 heteroatoms. The number of carbonyl (C=O) groups is 1. The molecule has 0 amide bonds. The second-order valence-corrected chi connectivity index (χ2v) is 5.40. The molecule has 0 spiro atoms. The van der Waals surface area contributed by atoms with Gasteiger partial charge in [0.25, 0.3) is 0 Å². The standard InChI is InChI=1S/C16H22O3/c1-19-14-8-5-6-12(11-14)10-13-7-3-2-4-9-15(13)16(17)18/h5-6,8,11,13,15H,2-4,7,9-10H2,1H3,(H,17,18). The molecule has 0 saturated heterocycles. The van der Waals surface area contributed by atoms with Gasteiger partial charge in [0, 0.05) is 0 Å². The van der Waals surface area contributed by atoms with E-state index >= 15 is 0 Å². The van der Waals surface area contributed by atoms with Gasteiger partial charge in [-0.1, -0.05) is 31.4 Å². The van der Waals surface area contributed by atoms with Crippen LogP contribution in [0.2, 0.25) is 0 Å². The summed E-state index contributed by atoms with van der Waals surface area (Å²) in [6, 6.07) is 7.97. The molecule has 2 rings (SSSR count). The van der Waals surface area contributed by atoms with Crippen molar-refractivity contribution in [3.8, 4) is 5.75 Å². The van der Waals surface area contributed by atoms with Gasteiger partial charge in [-0.05, 0) is 42.9 Å². The summed E-state index contributed by atoms with van der Waals surface area (Å²) in [4.78, 5) is 11.4. The SMILES string of the molecule is COc1cccc(CC2CCCCCC2C(=O)O)c1. The molecule has 0 bridgehead atoms. The van der Waals surface area contributed by atoms with Crippen LogP contribution in [0.1, 0.15) is 37.7 Å². The topological polar surface area (TPSA) is 46.5 Å². The number of benzene rings is 1. The Labute approximate surface area is 114 Å². The lowest BCUT2D eigenvalue weighted by Crippen LogP contribution is -2.24. The first kappa shape index (κ1) is 13.9. The molecule has 0 aromatic heterocycles. The van der Waals surface area contributed by atoms with Crippen LogP contribution >= 0.6 is 0 Å². The number of aliphatic carboxylic acids is 1. The second kappa shape index (κ2) is 6.60. The van der Waals surface area contributed by atoms with Crippen molar-refractivity contribution in [1.29, 1.82) is 0 Å². The Morgan fingerprint density at radius 3 is 2.84 bits per heavy atom. The summed E-state index contributed by atoms with van der Waals surface area (Å²) in [7, 11) is 1.66. The van der Waals surface area contributed by atoms with Gasteiger partial charge < -0.3 is 9.84 Å². The summed E-state index contributed by atoms with van der Waals surface area (Å²) < 4.78 is 5.23. The first-order valence-corrected chi connectivity index (χ1v) is 7.06. The lowest BCUT2D eigenvalue weighted by atomic mass is 9.83. The van der Waals surface area contributed by atoms with Gasteiger partial charge in [0.1, 0.15) is 5.75 Å². The summed E-state index contributed by atoms with van der Waals surface area (Å²) >= 11 is 0. The molecule has 1 aliphatic carbocycles. The van der Waals surface area contributed by atoms with E-state index in [-0.39, 0.29) is 11.8 Å². The maximum absolute atomic E-state index is 11.4. The summed E-state index contributed by atoms with van der Waals surface area (Å²) in [6.07, 6.45) is 6.05. The maximum Gasteiger partial charge on any atom is 0.306 e. The van der Waals surface area contributed by atoms with Gasteiger partial charge >= 0.3 is 5.97 Å². The molecule has 1 fully saturated rings. The lowest BCUT2D eigenvalue weighted by Gasteiger charge is -2.21. The monoisotopic (exact) mass is 262 g/mol. The smallest absolute Gasteiger partial charge is 0.306 e. The first-order valence-electron chi connectivity index (χ1n) is 7.06. The van der Waals surface area contributed by atoms with E-state index in [1.807, 2.05) is 18.2 Å². The Hall–Kier alpha value is -1.51. The van der Waals surface area contributed by atoms with Gasteiger partial charge in [-0.2, -0.15) is 0 Å². The zero-order valence-corrected chi connectivity index (χ0v) is 11.5. The molecule has 2 atom stereocenters. The number of carboxylic acids is 1. The minimum absolute atomic E-state index is 0.186. The fourth-order valence-electron chi connectivity index (χ4n) is 3.06. The van der Waals surface area contributed by atoms with Crippen molar-refractivity contribution in [3.05, 3.63) is 29.8 Å². The molecule has 1 aromatic carbocycles. The third-order valence-corrected chi connectivity index (χ3v) is 4.11. The van der Waals surface area contributed by atoms with Crippen molar-refractivity contribution in [2.24, 2.45) is 11.8 Å². The van der Waals surface area contributed by atoms with Crippen molar-refractivity contribution < 1.29 is 14.6 Å². The summed E-state index contributed by atoms with van der Waals surface area (Å²) in [5.41, 5.74) is 1.18. The highest BCUT2D eigenvalue weighted by molar-refractivity contribution is 5.70. The average Bonchev–Trinajstić information content (AvgIpc) is 2.64. The minimum Gasteiger partial charge on any atom is -0.497 e. The highest BCUT2D eigenvalue weighted by Crippen LogP contribution is 2.32. The zero-order valence-electron chi connectivity index (χ0n) is 11.5. The van der Waals surface area contributed by atoms with Crippen LogP contribution in [0.3, 0.4) is 0 Å². The fourth-order valence-corrected chi connectivity index (χ4v) is 3.06. The molecular weight excluding hydrogens is 240 g/mol. The molecule has 1 N–H and O–H groups in total. The van der Waals surface area contributed by atoms with Crippen LogP contribution < -0.4 is 4.74 Å². The molecule has 0 heterocycles. The Balaban J connectivity index is 2.11. The van der Waals surface area contributed by atoms with Crippen molar-refractivity contribution >= 4 is 5.97 Å². The van der Waals surface area contributed by atoms with E-state index in [1.165, 1.54) is 12.0 Å². The predicted octanol–water partition coefficient (Wildman–Crippen LogP) is 3.52. The minimum atomic E-state index is -0.630. The summed E-state index contributed by atoms with van der Waals surface area (Å²) in [5.74, 6) is 0.286. The van der Waals surface area contributed by atoms with Crippen molar-refractivity contribution in [2.75, 3.05) is 7.11 Å². The van der Waals surface area contributed by atoms with Crippen LogP contribution in [0.4, 0.5) is 0 Å². The van der Waals surface area contributed by atoms with E-state index < -0.39 is 5.97 Å². The Morgan fingerprint density at radius 1 is 1.32 bits per heavy atom. The Bertz CT molecular complexity index is 428. The maximum atomic E-state index is 11.4. The van der Waals surface area contributed by atoms with Crippen LogP contribution in [-0.2, 0) is 11.2 Å². The van der Waals surface area contributed by atoms with Crippen molar-refractivity contribution in [3.63, 3.8) is 0 Å². The van der Waals surface area contributed by atoms with Gasteiger partial charge in [-0.25, -0.2) is 0 Å². The van der Waals surface area contributed by atoms with Crippen molar-refractivity contribution in [1.82, 2.24) is 0 Å². The quantitative estimate of drug-likeness (QED) is 0.844. The number of ether oxygens (including phenoxy) is 1.